The second kappa shape index (κ2) is 8.03. The summed E-state index contributed by atoms with van der Waals surface area (Å²) in [6.07, 6.45) is 6.05. The van der Waals surface area contributed by atoms with Gasteiger partial charge in [0.1, 0.15) is 6.10 Å². The molecule has 1 aliphatic heterocycles. The van der Waals surface area contributed by atoms with E-state index in [1.807, 2.05) is 0 Å². The van der Waals surface area contributed by atoms with E-state index in [0.717, 1.165) is 51.5 Å². The molecule has 182 valence electrons. The predicted molar refractivity (Wildman–Crippen MR) is 124 cm³/mol. The van der Waals surface area contributed by atoms with Gasteiger partial charge in [0.2, 0.25) is 0 Å². The summed E-state index contributed by atoms with van der Waals surface area (Å²) in [6.45, 7) is 10.1. The lowest BCUT2D eigenvalue weighted by Crippen LogP contribution is -2.58. The number of nitrogens with one attached hydrogen (secondary N) is 1. The Bertz CT molecular complexity index is 743. The van der Waals surface area contributed by atoms with Crippen molar-refractivity contribution in [2.24, 2.45) is 52.3 Å². The van der Waals surface area contributed by atoms with Crippen molar-refractivity contribution < 1.29 is 20.1 Å². The van der Waals surface area contributed by atoms with Gasteiger partial charge in [-0.3, -0.25) is 4.79 Å². The third-order valence-electron chi connectivity index (χ3n) is 11.5. The third-order valence-corrected chi connectivity index (χ3v) is 11.5. The molecule has 1 saturated heterocycles. The van der Waals surface area contributed by atoms with Gasteiger partial charge in [-0.05, 0) is 104 Å². The normalized spacial score (nSPS) is 56.8. The average Bonchev–Trinajstić information content (AvgIpc) is 3.01. The van der Waals surface area contributed by atoms with Gasteiger partial charge in [-0.1, -0.05) is 27.7 Å². The number of carbonyl (C=O) groups excluding carboxylic acids is 1. The number of aliphatic hydroxyl groups excluding tert-OH is 3. The fourth-order valence-corrected chi connectivity index (χ4v) is 9.98. The molecule has 13 atom stereocenters. The molecule has 5 rings (SSSR count). The van der Waals surface area contributed by atoms with Crippen molar-refractivity contribution in [3.8, 4) is 0 Å². The smallest absolute Gasteiger partial charge is 0.164 e. The molecule has 5 heteroatoms. The second-order valence-corrected chi connectivity index (χ2v) is 13.0. The zero-order valence-electron chi connectivity index (χ0n) is 20.5. The molecule has 0 unspecified atom stereocenters. The van der Waals surface area contributed by atoms with E-state index in [0.29, 0.717) is 30.1 Å². The van der Waals surface area contributed by atoms with Crippen molar-refractivity contribution >= 4 is 5.78 Å². The lowest BCUT2D eigenvalue weighted by molar-refractivity contribution is -0.161. The van der Waals surface area contributed by atoms with E-state index in [1.165, 1.54) is 0 Å². The van der Waals surface area contributed by atoms with Crippen molar-refractivity contribution in [1.82, 2.24) is 5.32 Å². The molecule has 5 fully saturated rings. The summed E-state index contributed by atoms with van der Waals surface area (Å²) >= 11 is 0. The first-order valence-corrected chi connectivity index (χ1v) is 13.4. The van der Waals surface area contributed by atoms with Crippen LogP contribution in [-0.4, -0.2) is 52.0 Å². The molecule has 0 spiro atoms. The lowest BCUT2D eigenvalue weighted by Gasteiger charge is -2.60. The summed E-state index contributed by atoms with van der Waals surface area (Å²) in [4.78, 5) is 12.8. The molecule has 0 bridgehead atoms. The van der Waals surface area contributed by atoms with Gasteiger partial charge in [0.25, 0.3) is 0 Å². The Labute approximate surface area is 193 Å². The summed E-state index contributed by atoms with van der Waals surface area (Å²) in [5.74, 6) is 2.62. The van der Waals surface area contributed by atoms with Crippen molar-refractivity contribution in [1.29, 1.82) is 0 Å². The Morgan fingerprint density at radius 1 is 0.938 bits per heavy atom. The molecule has 1 heterocycles. The number of rotatable bonds is 2. The molecular weight excluding hydrogens is 402 g/mol. The van der Waals surface area contributed by atoms with Gasteiger partial charge in [-0.15, -0.1) is 0 Å². The van der Waals surface area contributed by atoms with E-state index in [-0.39, 0.29) is 52.6 Å². The van der Waals surface area contributed by atoms with Gasteiger partial charge in [0.15, 0.2) is 5.78 Å². The SMILES string of the molecule is C[C@H]1CN[C@H]([C@@H](C)[C@H]2[C@H](O)C[C@H]3[C@@H]4CC[C@H]5C(=O)[C@@H](O)CC[C@]5(C)[C@@H]4CC[C@]23C)[C@@H](O)C1. The molecule has 5 aliphatic rings. The Kier molecular flexibility index (Phi) is 5.84. The highest BCUT2D eigenvalue weighted by Crippen LogP contribution is 2.68. The van der Waals surface area contributed by atoms with E-state index in [2.05, 4.69) is 33.0 Å². The first-order chi connectivity index (χ1) is 15.1. The van der Waals surface area contributed by atoms with E-state index in [4.69, 9.17) is 0 Å². The number of hydrogen-bond donors (Lipinski definition) is 4. The molecule has 32 heavy (non-hydrogen) atoms. The van der Waals surface area contributed by atoms with Gasteiger partial charge in [-0.25, -0.2) is 0 Å². The minimum Gasteiger partial charge on any atom is -0.393 e. The van der Waals surface area contributed by atoms with Crippen LogP contribution in [-0.2, 0) is 4.79 Å². The molecule has 4 aliphatic carbocycles. The van der Waals surface area contributed by atoms with Crippen molar-refractivity contribution in [3.05, 3.63) is 0 Å². The monoisotopic (exact) mass is 447 g/mol. The second-order valence-electron chi connectivity index (χ2n) is 13.0. The van der Waals surface area contributed by atoms with Crippen LogP contribution in [0.4, 0.5) is 0 Å². The number of hydrogen-bond acceptors (Lipinski definition) is 5. The maximum absolute atomic E-state index is 12.8. The molecule has 0 radical (unpaired) electrons. The summed E-state index contributed by atoms with van der Waals surface area (Å²) in [5, 5.41) is 36.0. The van der Waals surface area contributed by atoms with Crippen LogP contribution < -0.4 is 5.32 Å². The Morgan fingerprint density at radius 3 is 2.38 bits per heavy atom. The predicted octanol–water partition coefficient (Wildman–Crippen LogP) is 3.15. The van der Waals surface area contributed by atoms with Crippen molar-refractivity contribution in [3.63, 3.8) is 0 Å². The van der Waals surface area contributed by atoms with E-state index >= 15 is 0 Å². The number of carbonyl (C=O) groups is 1. The van der Waals surface area contributed by atoms with Crippen molar-refractivity contribution in [2.45, 2.75) is 103 Å². The number of piperidine rings is 1. The van der Waals surface area contributed by atoms with Crippen LogP contribution in [0, 0.1) is 52.3 Å². The van der Waals surface area contributed by atoms with Gasteiger partial charge in [-0.2, -0.15) is 0 Å². The first kappa shape index (κ1) is 23.3. The number of Topliss-reactive ketones (excluding diaryl/α,β-unsaturated/α-hetero) is 1. The quantitative estimate of drug-likeness (QED) is 0.522. The Hall–Kier alpha value is -0.490. The topological polar surface area (TPSA) is 89.8 Å². The molecule has 0 aromatic heterocycles. The van der Waals surface area contributed by atoms with E-state index in [9.17, 15) is 20.1 Å². The van der Waals surface area contributed by atoms with E-state index in [1.54, 1.807) is 0 Å². The molecule has 0 aromatic carbocycles. The highest BCUT2D eigenvalue weighted by atomic mass is 16.3. The van der Waals surface area contributed by atoms with Gasteiger partial charge >= 0.3 is 0 Å². The zero-order valence-corrected chi connectivity index (χ0v) is 20.5. The van der Waals surface area contributed by atoms with E-state index < -0.39 is 6.10 Å². The van der Waals surface area contributed by atoms with Crippen LogP contribution in [0.5, 0.6) is 0 Å². The average molecular weight is 448 g/mol. The molecule has 0 amide bonds. The Balaban J connectivity index is 1.39. The van der Waals surface area contributed by atoms with Gasteiger partial charge in [0.05, 0.1) is 12.2 Å². The standard InChI is InChI=1S/C27H45NO4/c1-14-11-22(31)24(28-13-14)15(2)23-21(30)12-19-16-5-6-18-25(32)20(29)8-10-26(18,3)17(16)7-9-27(19,23)4/h14-24,28-31H,5-13H2,1-4H3/t14-,15+,16-,17-,18+,19+,20+,21-,22+,23+,24-,26-,27+/m1/s1. The summed E-state index contributed by atoms with van der Waals surface area (Å²) in [5.41, 5.74) is 0.0956. The maximum atomic E-state index is 12.8. The summed E-state index contributed by atoms with van der Waals surface area (Å²) < 4.78 is 0. The highest BCUT2D eigenvalue weighted by Gasteiger charge is 2.64. The summed E-state index contributed by atoms with van der Waals surface area (Å²) in [7, 11) is 0. The summed E-state index contributed by atoms with van der Waals surface area (Å²) in [6, 6.07) is 0.0601. The number of fused-ring (bicyclic) bond motifs is 5. The number of ketones is 1. The van der Waals surface area contributed by atoms with Crippen LogP contribution in [0.1, 0.15) is 79.1 Å². The Morgan fingerprint density at radius 2 is 1.66 bits per heavy atom. The van der Waals surface area contributed by atoms with Crippen molar-refractivity contribution in [2.75, 3.05) is 6.54 Å². The van der Waals surface area contributed by atoms with Crippen LogP contribution >= 0.6 is 0 Å². The lowest BCUT2D eigenvalue weighted by atomic mass is 9.44. The minimum atomic E-state index is -0.755. The fourth-order valence-electron chi connectivity index (χ4n) is 9.98. The molecular formula is C27H45NO4. The van der Waals surface area contributed by atoms with Crippen LogP contribution in [0.3, 0.4) is 0 Å². The largest absolute Gasteiger partial charge is 0.393 e. The van der Waals surface area contributed by atoms with Gasteiger partial charge in [0, 0.05) is 12.0 Å². The highest BCUT2D eigenvalue weighted by molar-refractivity contribution is 5.87. The van der Waals surface area contributed by atoms with Crippen LogP contribution in [0.2, 0.25) is 0 Å². The molecule has 5 nitrogen and oxygen atoms in total. The van der Waals surface area contributed by atoms with Gasteiger partial charge < -0.3 is 20.6 Å². The fraction of sp³-hybridized carbons (Fsp3) is 0.963. The maximum Gasteiger partial charge on any atom is 0.164 e. The molecule has 4 saturated carbocycles. The third kappa shape index (κ3) is 3.28. The van der Waals surface area contributed by atoms with Crippen LogP contribution in [0.25, 0.3) is 0 Å². The van der Waals surface area contributed by atoms with Crippen LogP contribution in [0.15, 0.2) is 0 Å². The first-order valence-electron chi connectivity index (χ1n) is 13.4. The molecule has 0 aromatic rings. The number of aliphatic hydroxyl groups is 3. The minimum absolute atomic E-state index is 0.00642. The zero-order chi connectivity index (χ0) is 23.0. The molecule has 4 N–H and O–H groups in total.